The highest BCUT2D eigenvalue weighted by Gasteiger charge is 2.41. The van der Waals surface area contributed by atoms with Gasteiger partial charge in [-0.15, -0.1) is 0 Å². The van der Waals surface area contributed by atoms with E-state index < -0.39 is 28.6 Å². The van der Waals surface area contributed by atoms with Gasteiger partial charge in [0.05, 0.1) is 30.9 Å². The maximum absolute atomic E-state index is 13.0. The smallest absolute Gasteiger partial charge is 0.264 e. The number of imide groups is 1. The van der Waals surface area contributed by atoms with Gasteiger partial charge in [-0.2, -0.15) is 0 Å². The fraction of sp³-hybridized carbons (Fsp3) is 0.300. The monoisotopic (exact) mass is 418 g/mol. The van der Waals surface area contributed by atoms with E-state index in [0.717, 1.165) is 4.90 Å². The maximum Gasteiger partial charge on any atom is 0.264 e. The lowest BCUT2D eigenvalue weighted by molar-refractivity contribution is 0.0578. The summed E-state index contributed by atoms with van der Waals surface area (Å²) in [5.74, 6) is -0.282. The van der Waals surface area contributed by atoms with Gasteiger partial charge in [-0.25, -0.2) is 8.42 Å². The van der Waals surface area contributed by atoms with Crippen LogP contribution in [0.4, 0.5) is 5.69 Å². The van der Waals surface area contributed by atoms with E-state index in [-0.39, 0.29) is 29.0 Å². The zero-order valence-corrected chi connectivity index (χ0v) is 17.0. The lowest BCUT2D eigenvalue weighted by Gasteiger charge is -2.27. The number of hydrogen-bond donors (Lipinski definition) is 2. The van der Waals surface area contributed by atoms with Crippen LogP contribution < -0.4 is 15.2 Å². The molecule has 0 saturated heterocycles. The van der Waals surface area contributed by atoms with E-state index in [9.17, 15) is 18.0 Å². The Hall–Kier alpha value is -3.07. The van der Waals surface area contributed by atoms with Crippen molar-refractivity contribution in [1.82, 2.24) is 4.90 Å². The van der Waals surface area contributed by atoms with Crippen LogP contribution in [0.3, 0.4) is 0 Å². The molecule has 0 aliphatic carbocycles. The van der Waals surface area contributed by atoms with Crippen molar-refractivity contribution in [1.29, 1.82) is 0 Å². The summed E-state index contributed by atoms with van der Waals surface area (Å²) in [6.45, 7) is 2.21. The van der Waals surface area contributed by atoms with Crippen LogP contribution in [0, 0.1) is 0 Å². The van der Waals surface area contributed by atoms with E-state index in [1.807, 2.05) is 6.92 Å². The van der Waals surface area contributed by atoms with Gasteiger partial charge >= 0.3 is 0 Å². The molecule has 0 unspecified atom stereocenters. The van der Waals surface area contributed by atoms with Crippen LogP contribution in [-0.2, 0) is 10.7 Å². The molecule has 0 saturated carbocycles. The quantitative estimate of drug-likeness (QED) is 0.383. The predicted octanol–water partition coefficient (Wildman–Crippen LogP) is 2.01. The molecule has 1 aliphatic rings. The molecule has 0 spiro atoms. The van der Waals surface area contributed by atoms with Gasteiger partial charge in [0.1, 0.15) is 10.7 Å². The van der Waals surface area contributed by atoms with E-state index in [2.05, 4.69) is 0 Å². The molecule has 0 bridgehead atoms. The summed E-state index contributed by atoms with van der Waals surface area (Å²) in [5.41, 5.74) is 7.05. The van der Waals surface area contributed by atoms with E-state index in [1.54, 1.807) is 30.3 Å². The van der Waals surface area contributed by atoms with Crippen molar-refractivity contribution >= 4 is 28.2 Å². The zero-order valence-electron chi connectivity index (χ0n) is 16.1. The van der Waals surface area contributed by atoms with Gasteiger partial charge in [0.25, 0.3) is 11.8 Å². The Labute approximate surface area is 170 Å². The summed E-state index contributed by atoms with van der Waals surface area (Å²) in [5, 5.41) is 0. The summed E-state index contributed by atoms with van der Waals surface area (Å²) < 4.78 is 33.3. The first kappa shape index (κ1) is 20.7. The average molecular weight is 418 g/mol. The van der Waals surface area contributed by atoms with Gasteiger partial charge in [-0.05, 0) is 43.2 Å². The minimum atomic E-state index is -2.68. The van der Waals surface area contributed by atoms with E-state index in [1.165, 1.54) is 13.2 Å². The molecule has 2 N–H and O–H groups in total. The minimum Gasteiger partial charge on any atom is -0.493 e. The van der Waals surface area contributed by atoms with Gasteiger partial charge in [0.2, 0.25) is 0 Å². The number of nitrogen functional groups attached to an aromatic ring is 1. The molecule has 2 amide bonds. The fourth-order valence-corrected chi connectivity index (χ4v) is 3.91. The van der Waals surface area contributed by atoms with Crippen molar-refractivity contribution in [3.05, 3.63) is 53.1 Å². The molecule has 8 nitrogen and oxygen atoms in total. The zero-order chi connectivity index (χ0) is 21.1. The third-order valence-corrected chi connectivity index (χ3v) is 5.37. The molecule has 3 rings (SSSR count). The highest BCUT2D eigenvalue weighted by atomic mass is 32.2. The summed E-state index contributed by atoms with van der Waals surface area (Å²) in [6, 6.07) is 8.92. The number of amides is 2. The van der Waals surface area contributed by atoms with E-state index in [4.69, 9.17) is 15.2 Å². The normalized spacial score (nSPS) is 14.2. The standard InChI is InChI=1S/C20H22N2O6S/c1-3-28-17-11-12(7-8-16(17)27-2)15(9-10-29(25)26)22-19(23)13-5-4-6-14(21)18(13)20(22)24/h4-8,11,15,29H,3,9-10,21H2,1-2H3/t15-/m0/s1. The van der Waals surface area contributed by atoms with Crippen LogP contribution >= 0.6 is 0 Å². The number of nitrogens with zero attached hydrogens (tertiary/aromatic N) is 1. The van der Waals surface area contributed by atoms with Crippen molar-refractivity contribution in [3.8, 4) is 11.5 Å². The fourth-order valence-electron chi connectivity index (χ4n) is 3.45. The first-order valence-electron chi connectivity index (χ1n) is 9.07. The second-order valence-corrected chi connectivity index (χ2v) is 7.57. The van der Waals surface area contributed by atoms with Crippen molar-refractivity contribution in [2.24, 2.45) is 0 Å². The number of methoxy groups -OCH3 is 1. The van der Waals surface area contributed by atoms with E-state index >= 15 is 0 Å². The van der Waals surface area contributed by atoms with Crippen LogP contribution in [-0.4, -0.2) is 44.6 Å². The number of thiol groups is 1. The molecular weight excluding hydrogens is 396 g/mol. The molecule has 2 aromatic carbocycles. The number of benzene rings is 2. The summed E-state index contributed by atoms with van der Waals surface area (Å²) >= 11 is 0. The second-order valence-electron chi connectivity index (χ2n) is 6.45. The highest BCUT2D eigenvalue weighted by Crippen LogP contribution is 2.38. The Balaban J connectivity index is 2.07. The molecule has 1 heterocycles. The van der Waals surface area contributed by atoms with Gasteiger partial charge in [0, 0.05) is 11.4 Å². The van der Waals surface area contributed by atoms with E-state index in [0.29, 0.717) is 23.7 Å². The summed E-state index contributed by atoms with van der Waals surface area (Å²) in [7, 11) is -1.18. The Bertz CT molecular complexity index is 1030. The van der Waals surface area contributed by atoms with Gasteiger partial charge in [-0.1, -0.05) is 12.1 Å². The Morgan fingerprint density at radius 2 is 1.86 bits per heavy atom. The average Bonchev–Trinajstić information content (AvgIpc) is 2.94. The first-order chi connectivity index (χ1) is 13.9. The van der Waals surface area contributed by atoms with Crippen molar-refractivity contribution in [2.75, 3.05) is 25.2 Å². The molecule has 154 valence electrons. The number of ether oxygens (including phenoxy) is 2. The van der Waals surface area contributed by atoms with Gasteiger partial charge in [0.15, 0.2) is 11.5 Å². The lowest BCUT2D eigenvalue weighted by Crippen LogP contribution is -2.35. The molecule has 0 aromatic heterocycles. The Morgan fingerprint density at radius 1 is 1.10 bits per heavy atom. The van der Waals surface area contributed by atoms with Crippen LogP contribution in [0.25, 0.3) is 0 Å². The van der Waals surface area contributed by atoms with Crippen molar-refractivity contribution in [3.63, 3.8) is 0 Å². The minimum absolute atomic E-state index is 0.0575. The predicted molar refractivity (Wildman–Crippen MR) is 108 cm³/mol. The molecule has 9 heteroatoms. The Kier molecular flexibility index (Phi) is 6.07. The number of fused-ring (bicyclic) bond motifs is 1. The van der Waals surface area contributed by atoms with Crippen molar-refractivity contribution < 1.29 is 27.5 Å². The molecule has 29 heavy (non-hydrogen) atoms. The number of rotatable bonds is 8. The van der Waals surface area contributed by atoms with Crippen LogP contribution in [0.1, 0.15) is 45.7 Å². The molecule has 1 aliphatic heterocycles. The number of carbonyl (C=O) groups excluding carboxylic acids is 2. The van der Waals surface area contributed by atoms with Gasteiger partial charge in [-0.3, -0.25) is 14.5 Å². The molecule has 2 aromatic rings. The summed E-state index contributed by atoms with van der Waals surface area (Å²) in [6.07, 6.45) is 0.0575. The topological polar surface area (TPSA) is 116 Å². The number of nitrogens with two attached hydrogens (primary N) is 1. The lowest BCUT2D eigenvalue weighted by atomic mass is 10.0. The number of hydrogen-bond acceptors (Lipinski definition) is 7. The third kappa shape index (κ3) is 3.91. The molecule has 0 fully saturated rings. The van der Waals surface area contributed by atoms with Crippen LogP contribution in [0.5, 0.6) is 11.5 Å². The number of anilines is 1. The third-order valence-electron chi connectivity index (χ3n) is 4.75. The largest absolute Gasteiger partial charge is 0.493 e. The second kappa shape index (κ2) is 8.52. The maximum atomic E-state index is 13.0. The van der Waals surface area contributed by atoms with Crippen molar-refractivity contribution in [2.45, 2.75) is 19.4 Å². The highest BCUT2D eigenvalue weighted by molar-refractivity contribution is 7.72. The first-order valence-corrected chi connectivity index (χ1v) is 10.4. The van der Waals surface area contributed by atoms with Crippen LogP contribution in [0.2, 0.25) is 0 Å². The van der Waals surface area contributed by atoms with Crippen LogP contribution in [0.15, 0.2) is 36.4 Å². The molecule has 0 radical (unpaired) electrons. The molecule has 1 atom stereocenters. The molecular formula is C20H22N2O6S. The Morgan fingerprint density at radius 3 is 2.48 bits per heavy atom. The van der Waals surface area contributed by atoms with Gasteiger partial charge < -0.3 is 15.2 Å². The number of carbonyl (C=O) groups is 2. The summed E-state index contributed by atoms with van der Waals surface area (Å²) in [4.78, 5) is 27.1. The SMILES string of the molecule is CCOc1cc([C@H](CC[SH](=O)=O)N2C(=O)c3cccc(N)c3C2=O)ccc1OC.